The van der Waals surface area contributed by atoms with Gasteiger partial charge in [0.2, 0.25) is 0 Å². The largest absolute Gasteiger partial charge is 0.340 e. The number of benzene rings is 1. The highest BCUT2D eigenvalue weighted by Gasteiger charge is 2.28. The molecular formula is C16H16ClN7O2. The predicted molar refractivity (Wildman–Crippen MR) is 93.5 cm³/mol. The molecule has 0 saturated carbocycles. The molecule has 1 saturated heterocycles. The Morgan fingerprint density at radius 1 is 1.31 bits per heavy atom. The topological polar surface area (TPSA) is 113 Å². The number of carbonyl (C=O) groups excluding carboxylic acids is 1. The van der Waals surface area contributed by atoms with Gasteiger partial charge in [-0.2, -0.15) is 5.10 Å². The van der Waals surface area contributed by atoms with Gasteiger partial charge < -0.3 is 4.90 Å². The Labute approximate surface area is 153 Å². The molecule has 0 aliphatic carbocycles. The van der Waals surface area contributed by atoms with Crippen molar-refractivity contribution in [3.8, 4) is 5.69 Å². The van der Waals surface area contributed by atoms with Crippen LogP contribution in [0.2, 0.25) is 5.02 Å². The molecule has 1 aromatic carbocycles. The maximum atomic E-state index is 12.8. The van der Waals surface area contributed by atoms with Crippen LogP contribution in [0, 0.1) is 0 Å². The number of likely N-dealkylation sites (tertiary alicyclic amines) is 1. The van der Waals surface area contributed by atoms with Crippen molar-refractivity contribution in [3.05, 3.63) is 57.5 Å². The SMILES string of the molecule is O=C(c1cn(-c2ccccc2Cl)nn1)N1CCCC(c2n[nH]c(=O)[nH]2)C1. The number of nitrogens with zero attached hydrogens (tertiary/aromatic N) is 5. The number of amides is 1. The number of halogens is 1. The summed E-state index contributed by atoms with van der Waals surface area (Å²) in [6, 6.07) is 7.21. The van der Waals surface area contributed by atoms with Crippen molar-refractivity contribution in [2.75, 3.05) is 13.1 Å². The summed E-state index contributed by atoms with van der Waals surface area (Å²) in [5, 5.41) is 14.9. The first-order chi connectivity index (χ1) is 12.6. The Bertz CT molecular complexity index is 992. The van der Waals surface area contributed by atoms with Crippen LogP contribution in [-0.2, 0) is 0 Å². The fourth-order valence-corrected chi connectivity index (χ4v) is 3.36. The first-order valence-corrected chi connectivity index (χ1v) is 8.61. The molecule has 3 heterocycles. The summed E-state index contributed by atoms with van der Waals surface area (Å²) in [5.41, 5.74) is 0.568. The molecule has 134 valence electrons. The van der Waals surface area contributed by atoms with Gasteiger partial charge in [0.25, 0.3) is 5.91 Å². The molecule has 1 unspecified atom stereocenters. The van der Waals surface area contributed by atoms with Crippen LogP contribution in [0.15, 0.2) is 35.3 Å². The lowest BCUT2D eigenvalue weighted by Gasteiger charge is -2.30. The number of H-pyrrole nitrogens is 2. The van der Waals surface area contributed by atoms with Crippen LogP contribution < -0.4 is 5.69 Å². The number of carbonyl (C=O) groups is 1. The van der Waals surface area contributed by atoms with Gasteiger partial charge in [-0.1, -0.05) is 28.9 Å². The van der Waals surface area contributed by atoms with Crippen LogP contribution in [0.5, 0.6) is 0 Å². The van der Waals surface area contributed by atoms with Crippen molar-refractivity contribution < 1.29 is 4.79 Å². The van der Waals surface area contributed by atoms with Crippen LogP contribution in [0.25, 0.3) is 5.69 Å². The van der Waals surface area contributed by atoms with Crippen LogP contribution in [0.1, 0.15) is 35.1 Å². The van der Waals surface area contributed by atoms with E-state index in [1.807, 2.05) is 12.1 Å². The summed E-state index contributed by atoms with van der Waals surface area (Å²) in [6.45, 7) is 1.10. The number of aromatic amines is 2. The van der Waals surface area contributed by atoms with Gasteiger partial charge in [-0.15, -0.1) is 5.10 Å². The average molecular weight is 374 g/mol. The van der Waals surface area contributed by atoms with Gasteiger partial charge in [0.05, 0.1) is 16.9 Å². The van der Waals surface area contributed by atoms with Crippen molar-refractivity contribution in [1.82, 2.24) is 35.1 Å². The summed E-state index contributed by atoms with van der Waals surface area (Å²) in [6.07, 6.45) is 3.25. The van der Waals surface area contributed by atoms with E-state index in [0.29, 0.717) is 29.6 Å². The first kappa shape index (κ1) is 16.5. The van der Waals surface area contributed by atoms with E-state index in [1.165, 1.54) is 4.68 Å². The van der Waals surface area contributed by atoms with Crippen molar-refractivity contribution in [2.45, 2.75) is 18.8 Å². The lowest BCUT2D eigenvalue weighted by molar-refractivity contribution is 0.0698. The second-order valence-corrected chi connectivity index (χ2v) is 6.56. The maximum absolute atomic E-state index is 12.8. The molecule has 4 rings (SSSR count). The minimum Gasteiger partial charge on any atom is -0.336 e. The van der Waals surface area contributed by atoms with Crippen molar-refractivity contribution in [1.29, 1.82) is 0 Å². The zero-order valence-electron chi connectivity index (χ0n) is 13.7. The number of aromatic nitrogens is 6. The van der Waals surface area contributed by atoms with Gasteiger partial charge in [-0.25, -0.2) is 14.6 Å². The van der Waals surface area contributed by atoms with Gasteiger partial charge in [0.15, 0.2) is 5.69 Å². The van der Waals surface area contributed by atoms with Gasteiger partial charge in [0, 0.05) is 19.0 Å². The second-order valence-electron chi connectivity index (χ2n) is 6.15. The quantitative estimate of drug-likeness (QED) is 0.719. The summed E-state index contributed by atoms with van der Waals surface area (Å²) >= 11 is 6.16. The van der Waals surface area contributed by atoms with Crippen LogP contribution >= 0.6 is 11.6 Å². The molecule has 1 fully saturated rings. The number of rotatable bonds is 3. The predicted octanol–water partition coefficient (Wildman–Crippen LogP) is 1.35. The summed E-state index contributed by atoms with van der Waals surface area (Å²) in [4.78, 5) is 28.4. The van der Waals surface area contributed by atoms with Crippen molar-refractivity contribution in [2.24, 2.45) is 0 Å². The zero-order chi connectivity index (χ0) is 18.1. The van der Waals surface area contributed by atoms with E-state index in [1.54, 1.807) is 23.2 Å². The molecular weight excluding hydrogens is 358 g/mol. The van der Waals surface area contributed by atoms with Gasteiger partial charge in [-0.3, -0.25) is 9.78 Å². The van der Waals surface area contributed by atoms with E-state index in [9.17, 15) is 9.59 Å². The normalized spacial score (nSPS) is 17.4. The lowest BCUT2D eigenvalue weighted by atomic mass is 9.97. The first-order valence-electron chi connectivity index (χ1n) is 8.23. The minimum absolute atomic E-state index is 0.00902. The van der Waals surface area contributed by atoms with E-state index in [2.05, 4.69) is 25.5 Å². The number of hydrogen-bond acceptors (Lipinski definition) is 5. The fraction of sp³-hybridized carbons (Fsp3) is 0.312. The average Bonchev–Trinajstić information content (AvgIpc) is 3.31. The second kappa shape index (κ2) is 6.75. The van der Waals surface area contributed by atoms with E-state index < -0.39 is 0 Å². The monoisotopic (exact) mass is 373 g/mol. The van der Waals surface area contributed by atoms with Crippen LogP contribution in [0.3, 0.4) is 0 Å². The van der Waals surface area contributed by atoms with Crippen LogP contribution in [-0.4, -0.2) is 54.1 Å². The van der Waals surface area contributed by atoms with E-state index in [0.717, 1.165) is 12.8 Å². The molecule has 0 bridgehead atoms. The third kappa shape index (κ3) is 3.13. The van der Waals surface area contributed by atoms with Crippen LogP contribution in [0.4, 0.5) is 0 Å². The van der Waals surface area contributed by atoms with E-state index in [-0.39, 0.29) is 23.2 Å². The van der Waals surface area contributed by atoms with Gasteiger partial charge >= 0.3 is 5.69 Å². The Hall–Kier alpha value is -2.94. The Kier molecular flexibility index (Phi) is 4.29. The molecule has 10 heteroatoms. The molecule has 0 spiro atoms. The summed E-state index contributed by atoms with van der Waals surface area (Å²) in [7, 11) is 0. The highest BCUT2D eigenvalue weighted by Crippen LogP contribution is 2.25. The molecule has 1 atom stereocenters. The molecule has 0 radical (unpaired) electrons. The Balaban J connectivity index is 1.52. The molecule has 26 heavy (non-hydrogen) atoms. The fourth-order valence-electron chi connectivity index (χ4n) is 3.14. The molecule has 1 aliphatic rings. The maximum Gasteiger partial charge on any atom is 0.340 e. The molecule has 2 N–H and O–H groups in total. The highest BCUT2D eigenvalue weighted by molar-refractivity contribution is 6.32. The van der Waals surface area contributed by atoms with Gasteiger partial charge in [-0.05, 0) is 25.0 Å². The highest BCUT2D eigenvalue weighted by atomic mass is 35.5. The number of nitrogens with one attached hydrogen (secondary N) is 2. The zero-order valence-corrected chi connectivity index (χ0v) is 14.5. The Morgan fingerprint density at radius 3 is 2.92 bits per heavy atom. The smallest absolute Gasteiger partial charge is 0.336 e. The molecule has 3 aromatic rings. The standard InChI is InChI=1S/C16H16ClN7O2/c17-11-5-1-2-6-13(11)24-9-12(19-22-24)15(25)23-7-3-4-10(8-23)14-18-16(26)21-20-14/h1-2,5-6,9-10H,3-4,7-8H2,(H2,18,20,21,26). The van der Waals surface area contributed by atoms with Crippen molar-refractivity contribution >= 4 is 17.5 Å². The molecule has 9 nitrogen and oxygen atoms in total. The minimum atomic E-state index is -0.342. The molecule has 1 aliphatic heterocycles. The van der Waals surface area contributed by atoms with E-state index in [4.69, 9.17) is 11.6 Å². The molecule has 1 amide bonds. The summed E-state index contributed by atoms with van der Waals surface area (Å²) < 4.78 is 1.49. The van der Waals surface area contributed by atoms with Crippen molar-refractivity contribution in [3.63, 3.8) is 0 Å². The van der Waals surface area contributed by atoms with E-state index >= 15 is 0 Å². The number of hydrogen-bond donors (Lipinski definition) is 2. The van der Waals surface area contributed by atoms with Gasteiger partial charge in [0.1, 0.15) is 5.82 Å². The molecule has 2 aromatic heterocycles. The summed E-state index contributed by atoms with van der Waals surface area (Å²) in [5.74, 6) is 0.364. The Morgan fingerprint density at radius 2 is 2.15 bits per heavy atom. The lowest BCUT2D eigenvalue weighted by Crippen LogP contribution is -2.39. The number of para-hydroxylation sites is 1. The number of piperidine rings is 1. The third-order valence-electron chi connectivity index (χ3n) is 4.43. The third-order valence-corrected chi connectivity index (χ3v) is 4.75.